The predicted molar refractivity (Wildman–Crippen MR) is 73.3 cm³/mol. The van der Waals surface area contributed by atoms with Gasteiger partial charge in [-0.05, 0) is 64.0 Å². The molecule has 0 aromatic heterocycles. The Kier molecular flexibility index (Phi) is 4.57. The average molecular weight is 232 g/mol. The van der Waals surface area contributed by atoms with E-state index in [9.17, 15) is 0 Å². The van der Waals surface area contributed by atoms with Crippen LogP contribution < -0.4 is 5.32 Å². The normalized spacial score (nSPS) is 19.4. The summed E-state index contributed by atoms with van der Waals surface area (Å²) in [5.41, 5.74) is 3.08. The Bertz CT molecular complexity index is 347. The molecule has 0 amide bonds. The van der Waals surface area contributed by atoms with Crippen molar-refractivity contribution in [2.45, 2.75) is 31.7 Å². The van der Waals surface area contributed by atoms with Crippen LogP contribution in [0, 0.1) is 0 Å². The summed E-state index contributed by atoms with van der Waals surface area (Å²) >= 11 is 0. The highest BCUT2D eigenvalue weighted by Gasteiger charge is 2.18. The number of benzene rings is 1. The zero-order valence-electron chi connectivity index (χ0n) is 11.1. The molecule has 0 saturated heterocycles. The van der Waals surface area contributed by atoms with Crippen LogP contribution in [0.1, 0.15) is 36.4 Å². The average Bonchev–Trinajstić information content (AvgIpc) is 2.34. The smallest absolute Gasteiger partial charge is 0.0323 e. The standard InChI is InChI=1S/C15H24N2/c1-17(2)12-6-11-16-15-10-5-8-13-7-3-4-9-14(13)15/h3-4,7,9,15-16H,5-6,8,10-12H2,1-2H3. The molecule has 0 radical (unpaired) electrons. The first-order valence-corrected chi connectivity index (χ1v) is 6.73. The highest BCUT2D eigenvalue weighted by Crippen LogP contribution is 2.29. The number of nitrogens with zero attached hydrogens (tertiary/aromatic N) is 1. The second kappa shape index (κ2) is 6.18. The van der Waals surface area contributed by atoms with Crippen molar-refractivity contribution in [2.75, 3.05) is 27.2 Å². The third kappa shape index (κ3) is 3.55. The summed E-state index contributed by atoms with van der Waals surface area (Å²) in [5.74, 6) is 0. The molecule has 1 aliphatic carbocycles. The van der Waals surface area contributed by atoms with Gasteiger partial charge in [-0.25, -0.2) is 0 Å². The van der Waals surface area contributed by atoms with E-state index in [2.05, 4.69) is 48.6 Å². The van der Waals surface area contributed by atoms with Crippen molar-refractivity contribution in [1.29, 1.82) is 0 Å². The van der Waals surface area contributed by atoms with Crippen LogP contribution in [0.15, 0.2) is 24.3 Å². The number of hydrogen-bond donors (Lipinski definition) is 1. The van der Waals surface area contributed by atoms with E-state index < -0.39 is 0 Å². The lowest BCUT2D eigenvalue weighted by molar-refractivity contribution is 0.379. The topological polar surface area (TPSA) is 15.3 Å². The summed E-state index contributed by atoms with van der Waals surface area (Å²) in [6.07, 6.45) is 5.10. The third-order valence-electron chi connectivity index (χ3n) is 3.54. The Morgan fingerprint density at radius 1 is 1.29 bits per heavy atom. The Morgan fingerprint density at radius 3 is 2.94 bits per heavy atom. The monoisotopic (exact) mass is 232 g/mol. The van der Waals surface area contributed by atoms with Crippen molar-refractivity contribution < 1.29 is 0 Å². The second-order valence-electron chi connectivity index (χ2n) is 5.25. The van der Waals surface area contributed by atoms with Gasteiger partial charge in [-0.2, -0.15) is 0 Å². The second-order valence-corrected chi connectivity index (χ2v) is 5.25. The van der Waals surface area contributed by atoms with Gasteiger partial charge in [-0.3, -0.25) is 0 Å². The first kappa shape index (κ1) is 12.6. The molecule has 0 fully saturated rings. The van der Waals surface area contributed by atoms with Crippen molar-refractivity contribution in [3.63, 3.8) is 0 Å². The molecular weight excluding hydrogens is 208 g/mol. The number of fused-ring (bicyclic) bond motifs is 1. The maximum absolute atomic E-state index is 3.71. The fraction of sp³-hybridized carbons (Fsp3) is 0.600. The zero-order valence-corrected chi connectivity index (χ0v) is 11.1. The molecule has 0 spiro atoms. The number of aryl methyl sites for hydroxylation is 1. The van der Waals surface area contributed by atoms with Crippen molar-refractivity contribution in [3.8, 4) is 0 Å². The van der Waals surface area contributed by atoms with E-state index >= 15 is 0 Å². The molecule has 1 atom stereocenters. The van der Waals surface area contributed by atoms with Crippen LogP contribution in [-0.2, 0) is 6.42 Å². The van der Waals surface area contributed by atoms with Crippen LogP contribution in [0.2, 0.25) is 0 Å². The molecule has 1 unspecified atom stereocenters. The van der Waals surface area contributed by atoms with Crippen LogP contribution in [0.3, 0.4) is 0 Å². The van der Waals surface area contributed by atoms with E-state index in [1.165, 1.54) is 37.8 Å². The third-order valence-corrected chi connectivity index (χ3v) is 3.54. The highest BCUT2D eigenvalue weighted by atomic mass is 15.1. The maximum atomic E-state index is 3.71. The first-order chi connectivity index (χ1) is 8.27. The molecule has 1 aromatic rings. The van der Waals surface area contributed by atoms with Gasteiger partial charge in [-0.1, -0.05) is 24.3 Å². The molecule has 2 rings (SSSR count). The predicted octanol–water partition coefficient (Wildman–Crippen LogP) is 2.61. The molecule has 2 heteroatoms. The summed E-state index contributed by atoms with van der Waals surface area (Å²) < 4.78 is 0. The number of rotatable bonds is 5. The van der Waals surface area contributed by atoms with E-state index in [-0.39, 0.29) is 0 Å². The van der Waals surface area contributed by atoms with Gasteiger partial charge >= 0.3 is 0 Å². The fourth-order valence-corrected chi connectivity index (χ4v) is 2.64. The summed E-state index contributed by atoms with van der Waals surface area (Å²) in [6.45, 7) is 2.29. The first-order valence-electron chi connectivity index (χ1n) is 6.73. The van der Waals surface area contributed by atoms with Gasteiger partial charge in [-0.15, -0.1) is 0 Å². The van der Waals surface area contributed by atoms with Gasteiger partial charge in [0.2, 0.25) is 0 Å². The lowest BCUT2D eigenvalue weighted by Gasteiger charge is -2.26. The van der Waals surface area contributed by atoms with Crippen molar-refractivity contribution in [1.82, 2.24) is 10.2 Å². The molecule has 1 aliphatic rings. The molecule has 1 N–H and O–H groups in total. The molecule has 1 aromatic carbocycles. The molecule has 94 valence electrons. The quantitative estimate of drug-likeness (QED) is 0.785. The van der Waals surface area contributed by atoms with Crippen molar-refractivity contribution in [2.24, 2.45) is 0 Å². The summed E-state index contributed by atoms with van der Waals surface area (Å²) in [6, 6.07) is 9.48. The summed E-state index contributed by atoms with van der Waals surface area (Å²) in [5, 5.41) is 3.71. The lowest BCUT2D eigenvalue weighted by atomic mass is 9.88. The lowest BCUT2D eigenvalue weighted by Crippen LogP contribution is -2.28. The van der Waals surface area contributed by atoms with Gasteiger partial charge in [0.05, 0.1) is 0 Å². The summed E-state index contributed by atoms with van der Waals surface area (Å²) in [4.78, 5) is 2.25. The largest absolute Gasteiger partial charge is 0.310 e. The molecule has 2 nitrogen and oxygen atoms in total. The Balaban J connectivity index is 1.86. The number of nitrogens with one attached hydrogen (secondary N) is 1. The minimum atomic E-state index is 0.585. The van der Waals surface area contributed by atoms with E-state index in [1.807, 2.05) is 0 Å². The maximum Gasteiger partial charge on any atom is 0.0323 e. The van der Waals surface area contributed by atoms with E-state index in [0.717, 1.165) is 6.54 Å². The Morgan fingerprint density at radius 2 is 2.12 bits per heavy atom. The molecule has 0 bridgehead atoms. The van der Waals surface area contributed by atoms with E-state index in [1.54, 1.807) is 5.56 Å². The van der Waals surface area contributed by atoms with Gasteiger partial charge in [0.25, 0.3) is 0 Å². The molecular formula is C15H24N2. The van der Waals surface area contributed by atoms with Crippen LogP contribution in [0.4, 0.5) is 0 Å². The summed E-state index contributed by atoms with van der Waals surface area (Å²) in [7, 11) is 4.27. The SMILES string of the molecule is CN(C)CCCNC1CCCc2ccccc21. The fourth-order valence-electron chi connectivity index (χ4n) is 2.64. The van der Waals surface area contributed by atoms with Gasteiger partial charge in [0.15, 0.2) is 0 Å². The van der Waals surface area contributed by atoms with Gasteiger partial charge < -0.3 is 10.2 Å². The Hall–Kier alpha value is -0.860. The van der Waals surface area contributed by atoms with E-state index in [4.69, 9.17) is 0 Å². The van der Waals surface area contributed by atoms with Gasteiger partial charge in [0.1, 0.15) is 0 Å². The van der Waals surface area contributed by atoms with Crippen molar-refractivity contribution in [3.05, 3.63) is 35.4 Å². The van der Waals surface area contributed by atoms with Crippen LogP contribution in [0.5, 0.6) is 0 Å². The van der Waals surface area contributed by atoms with Crippen LogP contribution in [-0.4, -0.2) is 32.1 Å². The number of hydrogen-bond acceptors (Lipinski definition) is 2. The van der Waals surface area contributed by atoms with Crippen LogP contribution >= 0.6 is 0 Å². The molecule has 0 heterocycles. The molecule has 17 heavy (non-hydrogen) atoms. The van der Waals surface area contributed by atoms with E-state index in [0.29, 0.717) is 6.04 Å². The minimum Gasteiger partial charge on any atom is -0.310 e. The minimum absolute atomic E-state index is 0.585. The Labute approximate surface area is 105 Å². The van der Waals surface area contributed by atoms with Gasteiger partial charge in [0, 0.05) is 6.04 Å². The van der Waals surface area contributed by atoms with Crippen molar-refractivity contribution >= 4 is 0 Å². The zero-order chi connectivity index (χ0) is 12.1. The highest BCUT2D eigenvalue weighted by molar-refractivity contribution is 5.32. The van der Waals surface area contributed by atoms with Crippen LogP contribution in [0.25, 0.3) is 0 Å². The molecule has 0 aliphatic heterocycles. The molecule has 0 saturated carbocycles.